The quantitative estimate of drug-likeness (QED) is 0.653. The standard InChI is InChI=1S/C17H19N3O6S/c1-23-15(24-2)7-18-14(21)6-11-8-27-17(19-11)20-16(22)10-3-4-12-13(5-10)26-9-25-12/h3-5,8,15H,6-7,9H2,1-2H3,(H,18,21)(H,19,20,22). The molecule has 0 aliphatic carbocycles. The van der Waals surface area contributed by atoms with Gasteiger partial charge in [0.05, 0.1) is 18.7 Å². The first-order valence-corrected chi connectivity index (χ1v) is 8.94. The number of methoxy groups -OCH3 is 2. The van der Waals surface area contributed by atoms with Crippen molar-refractivity contribution in [2.45, 2.75) is 12.7 Å². The molecule has 1 aliphatic heterocycles. The lowest BCUT2D eigenvalue weighted by Gasteiger charge is -2.13. The fourth-order valence-corrected chi connectivity index (χ4v) is 3.04. The lowest BCUT2D eigenvalue weighted by molar-refractivity contribution is -0.126. The van der Waals surface area contributed by atoms with Crippen LogP contribution in [0.3, 0.4) is 0 Å². The number of hydrogen-bond donors (Lipinski definition) is 2. The minimum absolute atomic E-state index is 0.0938. The summed E-state index contributed by atoms with van der Waals surface area (Å²) >= 11 is 1.24. The number of carbonyl (C=O) groups excluding carboxylic acids is 2. The Kier molecular flexibility index (Phi) is 6.22. The van der Waals surface area contributed by atoms with Gasteiger partial charge >= 0.3 is 0 Å². The first-order chi connectivity index (χ1) is 13.1. The van der Waals surface area contributed by atoms with E-state index in [0.717, 1.165) is 0 Å². The molecule has 9 nitrogen and oxygen atoms in total. The van der Waals surface area contributed by atoms with Gasteiger partial charge in [0, 0.05) is 25.2 Å². The van der Waals surface area contributed by atoms with Gasteiger partial charge in [-0.15, -0.1) is 11.3 Å². The number of ether oxygens (including phenoxy) is 4. The number of aromatic nitrogens is 1. The predicted octanol–water partition coefficient (Wildman–Crippen LogP) is 1.40. The van der Waals surface area contributed by atoms with E-state index in [4.69, 9.17) is 18.9 Å². The van der Waals surface area contributed by atoms with Crippen LogP contribution in [0, 0.1) is 0 Å². The van der Waals surface area contributed by atoms with Gasteiger partial charge in [0.2, 0.25) is 12.7 Å². The Morgan fingerprint density at radius 3 is 2.81 bits per heavy atom. The first-order valence-electron chi connectivity index (χ1n) is 8.06. The normalized spacial score (nSPS) is 12.3. The number of rotatable bonds is 8. The summed E-state index contributed by atoms with van der Waals surface area (Å²) in [5.74, 6) is 0.609. The monoisotopic (exact) mass is 393 g/mol. The fourth-order valence-electron chi connectivity index (χ4n) is 2.34. The van der Waals surface area contributed by atoms with Crippen molar-refractivity contribution in [3.63, 3.8) is 0 Å². The van der Waals surface area contributed by atoms with Crippen molar-refractivity contribution in [2.24, 2.45) is 0 Å². The molecule has 2 aromatic rings. The number of benzene rings is 1. The van der Waals surface area contributed by atoms with Gasteiger partial charge in [0.25, 0.3) is 5.91 Å². The summed E-state index contributed by atoms with van der Waals surface area (Å²) in [6.07, 6.45) is -0.405. The highest BCUT2D eigenvalue weighted by atomic mass is 32.1. The van der Waals surface area contributed by atoms with Crippen molar-refractivity contribution < 1.29 is 28.5 Å². The van der Waals surface area contributed by atoms with E-state index in [-0.39, 0.29) is 31.6 Å². The number of fused-ring (bicyclic) bond motifs is 1. The Balaban J connectivity index is 1.53. The number of amides is 2. The van der Waals surface area contributed by atoms with E-state index in [1.807, 2.05) is 0 Å². The average Bonchev–Trinajstić information content (AvgIpc) is 3.31. The Bertz CT molecular complexity index is 821. The van der Waals surface area contributed by atoms with Crippen LogP contribution in [-0.2, 0) is 20.7 Å². The van der Waals surface area contributed by atoms with Crippen LogP contribution < -0.4 is 20.1 Å². The molecule has 0 bridgehead atoms. The first kappa shape index (κ1) is 19.1. The van der Waals surface area contributed by atoms with Gasteiger partial charge in [-0.2, -0.15) is 0 Å². The molecule has 1 aromatic carbocycles. The Hall–Kier alpha value is -2.69. The molecule has 3 rings (SSSR count). The number of thiazole rings is 1. The topological polar surface area (TPSA) is 108 Å². The second kappa shape index (κ2) is 8.80. The van der Waals surface area contributed by atoms with Gasteiger partial charge < -0.3 is 24.3 Å². The smallest absolute Gasteiger partial charge is 0.257 e. The number of nitrogens with one attached hydrogen (secondary N) is 2. The number of carbonyl (C=O) groups is 2. The minimum atomic E-state index is -0.499. The van der Waals surface area contributed by atoms with Crippen LogP contribution in [0.4, 0.5) is 5.13 Å². The predicted molar refractivity (Wildman–Crippen MR) is 97.2 cm³/mol. The zero-order valence-corrected chi connectivity index (χ0v) is 15.6. The lowest BCUT2D eigenvalue weighted by atomic mass is 10.2. The summed E-state index contributed by atoms with van der Waals surface area (Å²) < 4.78 is 20.5. The minimum Gasteiger partial charge on any atom is -0.454 e. The maximum Gasteiger partial charge on any atom is 0.257 e. The van der Waals surface area contributed by atoms with Gasteiger partial charge in [-0.3, -0.25) is 14.9 Å². The number of hydrogen-bond acceptors (Lipinski definition) is 8. The molecule has 0 saturated carbocycles. The molecule has 0 saturated heterocycles. The molecule has 1 aromatic heterocycles. The van der Waals surface area contributed by atoms with Crippen LogP contribution in [0.15, 0.2) is 23.6 Å². The molecular formula is C17H19N3O6S. The number of nitrogens with zero attached hydrogens (tertiary/aromatic N) is 1. The molecular weight excluding hydrogens is 374 g/mol. The second-order valence-electron chi connectivity index (χ2n) is 5.55. The van der Waals surface area contributed by atoms with Crippen molar-refractivity contribution in [3.05, 3.63) is 34.8 Å². The zero-order chi connectivity index (χ0) is 19.2. The molecule has 1 aliphatic rings. The highest BCUT2D eigenvalue weighted by molar-refractivity contribution is 7.14. The van der Waals surface area contributed by atoms with Gasteiger partial charge in [-0.25, -0.2) is 4.98 Å². The van der Waals surface area contributed by atoms with E-state index in [1.165, 1.54) is 25.6 Å². The van der Waals surface area contributed by atoms with Crippen LogP contribution in [0.2, 0.25) is 0 Å². The molecule has 2 amide bonds. The van der Waals surface area contributed by atoms with Gasteiger partial charge in [-0.05, 0) is 18.2 Å². The van der Waals surface area contributed by atoms with E-state index in [0.29, 0.717) is 27.9 Å². The molecule has 10 heteroatoms. The molecule has 144 valence electrons. The van der Waals surface area contributed by atoms with Gasteiger partial charge in [-0.1, -0.05) is 0 Å². The Labute approximate surface area is 159 Å². The molecule has 27 heavy (non-hydrogen) atoms. The summed E-state index contributed by atoms with van der Waals surface area (Å²) in [7, 11) is 2.99. The van der Waals surface area contributed by atoms with Crippen LogP contribution in [-0.4, -0.2) is 50.6 Å². The Morgan fingerprint density at radius 2 is 2.04 bits per heavy atom. The largest absolute Gasteiger partial charge is 0.454 e. The summed E-state index contributed by atoms with van der Waals surface area (Å²) in [6, 6.07) is 4.94. The maximum atomic E-state index is 12.3. The van der Waals surface area contributed by atoms with Crippen LogP contribution in [0.1, 0.15) is 16.1 Å². The van der Waals surface area contributed by atoms with Crippen molar-refractivity contribution in [1.29, 1.82) is 0 Å². The van der Waals surface area contributed by atoms with E-state index < -0.39 is 6.29 Å². The number of anilines is 1. The van der Waals surface area contributed by atoms with Gasteiger partial charge in [0.15, 0.2) is 22.9 Å². The summed E-state index contributed by atoms with van der Waals surface area (Å²) in [5.41, 5.74) is 0.990. The van der Waals surface area contributed by atoms with Crippen LogP contribution in [0.25, 0.3) is 0 Å². The SMILES string of the molecule is COC(CNC(=O)Cc1csc(NC(=O)c2ccc3c(c2)OCO3)n1)OC. The Morgan fingerprint density at radius 1 is 1.26 bits per heavy atom. The zero-order valence-electron chi connectivity index (χ0n) is 14.8. The third-order valence-electron chi connectivity index (χ3n) is 3.74. The average molecular weight is 393 g/mol. The van der Waals surface area contributed by atoms with Crippen molar-refractivity contribution in [1.82, 2.24) is 10.3 Å². The van der Waals surface area contributed by atoms with Crippen LogP contribution >= 0.6 is 11.3 Å². The molecule has 0 fully saturated rings. The van der Waals surface area contributed by atoms with E-state index in [2.05, 4.69) is 15.6 Å². The highest BCUT2D eigenvalue weighted by Crippen LogP contribution is 2.32. The molecule has 2 heterocycles. The highest BCUT2D eigenvalue weighted by Gasteiger charge is 2.17. The third-order valence-corrected chi connectivity index (χ3v) is 4.55. The summed E-state index contributed by atoms with van der Waals surface area (Å²) in [4.78, 5) is 28.5. The fraction of sp³-hybridized carbons (Fsp3) is 0.353. The molecule has 0 atom stereocenters. The molecule has 0 spiro atoms. The van der Waals surface area contributed by atoms with Crippen molar-refractivity contribution >= 4 is 28.3 Å². The van der Waals surface area contributed by atoms with Crippen LogP contribution in [0.5, 0.6) is 11.5 Å². The molecule has 0 radical (unpaired) electrons. The maximum absolute atomic E-state index is 12.3. The molecule has 0 unspecified atom stereocenters. The van der Waals surface area contributed by atoms with Gasteiger partial charge in [0.1, 0.15) is 0 Å². The summed E-state index contributed by atoms with van der Waals surface area (Å²) in [5, 5.41) is 7.54. The second-order valence-corrected chi connectivity index (χ2v) is 6.41. The molecule has 2 N–H and O–H groups in total. The van der Waals surface area contributed by atoms with E-state index in [9.17, 15) is 9.59 Å². The lowest BCUT2D eigenvalue weighted by Crippen LogP contribution is -2.35. The summed E-state index contributed by atoms with van der Waals surface area (Å²) in [6.45, 7) is 0.386. The van der Waals surface area contributed by atoms with Crippen molar-refractivity contribution in [2.75, 3.05) is 32.9 Å². The van der Waals surface area contributed by atoms with Crippen molar-refractivity contribution in [3.8, 4) is 11.5 Å². The van der Waals surface area contributed by atoms with E-state index in [1.54, 1.807) is 23.6 Å². The third kappa shape index (κ3) is 4.94. The van der Waals surface area contributed by atoms with E-state index >= 15 is 0 Å².